The molecule has 0 fully saturated rings. The molecule has 0 spiro atoms. The highest BCUT2D eigenvalue weighted by Gasteiger charge is 2.08. The van der Waals surface area contributed by atoms with E-state index in [9.17, 15) is 0 Å². The molecule has 0 bridgehead atoms. The van der Waals surface area contributed by atoms with Crippen molar-refractivity contribution in [3.63, 3.8) is 0 Å². The van der Waals surface area contributed by atoms with E-state index in [0.29, 0.717) is 12.4 Å². The molecule has 19 heavy (non-hydrogen) atoms. The third-order valence-electron chi connectivity index (χ3n) is 2.62. The Labute approximate surface area is 112 Å². The Kier molecular flexibility index (Phi) is 4.06. The molecule has 0 saturated carbocycles. The molecular weight excluding hydrogens is 242 g/mol. The summed E-state index contributed by atoms with van der Waals surface area (Å²) in [5, 5.41) is 13.3. The fourth-order valence-electron chi connectivity index (χ4n) is 1.85. The maximum absolute atomic E-state index is 8.93. The Balaban J connectivity index is 2.28. The smallest absolute Gasteiger partial charge is 0.122 e. The van der Waals surface area contributed by atoms with Gasteiger partial charge in [-0.1, -0.05) is 12.1 Å². The van der Waals surface area contributed by atoms with Gasteiger partial charge in [0.25, 0.3) is 0 Å². The summed E-state index contributed by atoms with van der Waals surface area (Å²) in [6.45, 7) is 4.39. The van der Waals surface area contributed by atoms with Crippen molar-refractivity contribution in [1.82, 2.24) is 9.78 Å². The molecule has 2 aromatic rings. The summed E-state index contributed by atoms with van der Waals surface area (Å²) in [7, 11) is 0. The number of benzene rings is 1. The number of anilines is 1. The van der Waals surface area contributed by atoms with Crippen molar-refractivity contribution >= 4 is 5.82 Å². The van der Waals surface area contributed by atoms with E-state index in [2.05, 4.69) is 5.10 Å². The molecular formula is C14H19N3O2. The van der Waals surface area contributed by atoms with Crippen LogP contribution in [0.4, 0.5) is 5.82 Å². The maximum Gasteiger partial charge on any atom is 0.122 e. The van der Waals surface area contributed by atoms with Crippen LogP contribution in [0.2, 0.25) is 0 Å². The second-order valence-electron chi connectivity index (χ2n) is 4.60. The molecule has 2 rings (SSSR count). The third-order valence-corrected chi connectivity index (χ3v) is 2.62. The van der Waals surface area contributed by atoms with E-state index >= 15 is 0 Å². The number of hydrogen-bond acceptors (Lipinski definition) is 4. The Morgan fingerprint density at radius 1 is 1.37 bits per heavy atom. The number of hydrogen-bond donors (Lipinski definition) is 2. The molecule has 0 aliphatic rings. The number of nitrogens with zero attached hydrogens (tertiary/aromatic N) is 2. The molecule has 0 saturated heterocycles. The van der Waals surface area contributed by atoms with Crippen LogP contribution >= 0.6 is 0 Å². The minimum Gasteiger partial charge on any atom is -0.491 e. The van der Waals surface area contributed by atoms with Gasteiger partial charge in [0, 0.05) is 11.6 Å². The Hall–Kier alpha value is -2.01. The third kappa shape index (κ3) is 3.26. The molecule has 0 atom stereocenters. The molecule has 0 unspecified atom stereocenters. The summed E-state index contributed by atoms with van der Waals surface area (Å²) in [5.41, 5.74) is 7.57. The molecule has 0 amide bonds. The van der Waals surface area contributed by atoms with Crippen molar-refractivity contribution in [3.05, 3.63) is 30.3 Å². The summed E-state index contributed by atoms with van der Waals surface area (Å²) in [5.74, 6) is 1.35. The molecule has 1 aromatic heterocycles. The van der Waals surface area contributed by atoms with Gasteiger partial charge in [-0.2, -0.15) is 5.10 Å². The Bertz CT molecular complexity index is 549. The van der Waals surface area contributed by atoms with E-state index in [1.165, 1.54) is 0 Å². The number of aliphatic hydroxyl groups is 1. The number of nitrogen functional groups attached to an aromatic ring is 1. The van der Waals surface area contributed by atoms with Crippen LogP contribution in [-0.4, -0.2) is 27.6 Å². The molecule has 0 radical (unpaired) electrons. The summed E-state index contributed by atoms with van der Waals surface area (Å²) < 4.78 is 7.24. The van der Waals surface area contributed by atoms with Crippen molar-refractivity contribution in [2.24, 2.45) is 0 Å². The van der Waals surface area contributed by atoms with Crippen molar-refractivity contribution in [1.29, 1.82) is 0 Å². The quantitative estimate of drug-likeness (QED) is 0.862. The van der Waals surface area contributed by atoms with Crippen LogP contribution in [0.15, 0.2) is 30.3 Å². The monoisotopic (exact) mass is 261 g/mol. The van der Waals surface area contributed by atoms with E-state index in [4.69, 9.17) is 15.6 Å². The lowest BCUT2D eigenvalue weighted by atomic mass is 10.1. The second kappa shape index (κ2) is 5.75. The normalized spacial score (nSPS) is 10.9. The minimum atomic E-state index is 0.0157. The number of nitrogens with two attached hydrogens (primary N) is 1. The molecule has 102 valence electrons. The van der Waals surface area contributed by atoms with Crippen LogP contribution in [0.5, 0.6) is 5.75 Å². The second-order valence-corrected chi connectivity index (χ2v) is 4.60. The zero-order valence-corrected chi connectivity index (χ0v) is 11.2. The standard InChI is InChI=1S/C14H19N3O2/c1-10(2)19-12-5-3-4-11(8-12)13-9-14(15)17(16-13)6-7-18/h3-5,8-10,18H,6-7,15H2,1-2H3. The van der Waals surface area contributed by atoms with Crippen molar-refractivity contribution in [2.45, 2.75) is 26.5 Å². The van der Waals surface area contributed by atoms with Crippen molar-refractivity contribution in [2.75, 3.05) is 12.3 Å². The summed E-state index contributed by atoms with van der Waals surface area (Å²) in [6, 6.07) is 9.53. The minimum absolute atomic E-state index is 0.0157. The molecule has 5 nitrogen and oxygen atoms in total. The predicted molar refractivity (Wildman–Crippen MR) is 74.9 cm³/mol. The number of rotatable bonds is 5. The first-order chi connectivity index (χ1) is 9.10. The first kappa shape index (κ1) is 13.4. The summed E-state index contributed by atoms with van der Waals surface area (Å²) in [6.07, 6.45) is 0.132. The lowest BCUT2D eigenvalue weighted by Crippen LogP contribution is -2.07. The first-order valence-corrected chi connectivity index (χ1v) is 6.31. The summed E-state index contributed by atoms with van der Waals surface area (Å²) in [4.78, 5) is 0. The summed E-state index contributed by atoms with van der Waals surface area (Å²) >= 11 is 0. The van der Waals surface area contributed by atoms with Crippen LogP contribution in [0.25, 0.3) is 11.3 Å². The lowest BCUT2D eigenvalue weighted by molar-refractivity contribution is 0.242. The van der Waals surface area contributed by atoms with Gasteiger partial charge in [-0.05, 0) is 26.0 Å². The maximum atomic E-state index is 8.93. The predicted octanol–water partition coefficient (Wildman–Crippen LogP) is 1.91. The number of ether oxygens (including phenoxy) is 1. The van der Waals surface area contributed by atoms with E-state index in [-0.39, 0.29) is 12.7 Å². The molecule has 0 aliphatic carbocycles. The van der Waals surface area contributed by atoms with Gasteiger partial charge in [0.1, 0.15) is 11.6 Å². The van der Waals surface area contributed by atoms with Gasteiger partial charge in [-0.25, -0.2) is 4.68 Å². The van der Waals surface area contributed by atoms with Gasteiger partial charge < -0.3 is 15.6 Å². The Morgan fingerprint density at radius 2 is 2.16 bits per heavy atom. The van der Waals surface area contributed by atoms with Crippen LogP contribution in [-0.2, 0) is 6.54 Å². The van der Waals surface area contributed by atoms with Gasteiger partial charge in [0.15, 0.2) is 0 Å². The van der Waals surface area contributed by atoms with E-state index in [1.54, 1.807) is 10.7 Å². The number of aromatic nitrogens is 2. The highest BCUT2D eigenvalue weighted by molar-refractivity contribution is 5.64. The van der Waals surface area contributed by atoms with Gasteiger partial charge in [-0.15, -0.1) is 0 Å². The Morgan fingerprint density at radius 3 is 2.84 bits per heavy atom. The lowest BCUT2D eigenvalue weighted by Gasteiger charge is -2.10. The van der Waals surface area contributed by atoms with Crippen LogP contribution in [0.1, 0.15) is 13.8 Å². The molecule has 1 aromatic carbocycles. The van der Waals surface area contributed by atoms with Crippen molar-refractivity contribution < 1.29 is 9.84 Å². The van der Waals surface area contributed by atoms with E-state index < -0.39 is 0 Å². The molecule has 0 aliphatic heterocycles. The topological polar surface area (TPSA) is 73.3 Å². The molecule has 3 N–H and O–H groups in total. The van der Waals surface area contributed by atoms with E-state index in [0.717, 1.165) is 17.0 Å². The largest absolute Gasteiger partial charge is 0.491 e. The highest BCUT2D eigenvalue weighted by Crippen LogP contribution is 2.24. The van der Waals surface area contributed by atoms with Crippen LogP contribution in [0.3, 0.4) is 0 Å². The zero-order valence-electron chi connectivity index (χ0n) is 11.2. The van der Waals surface area contributed by atoms with Gasteiger partial charge in [0.05, 0.1) is 24.9 Å². The van der Waals surface area contributed by atoms with Crippen molar-refractivity contribution in [3.8, 4) is 17.0 Å². The molecule has 1 heterocycles. The van der Waals surface area contributed by atoms with Gasteiger partial charge in [-0.3, -0.25) is 0 Å². The fraction of sp³-hybridized carbons (Fsp3) is 0.357. The van der Waals surface area contributed by atoms with E-state index in [1.807, 2.05) is 38.1 Å². The SMILES string of the molecule is CC(C)Oc1cccc(-c2cc(N)n(CCO)n2)c1. The average Bonchev–Trinajstić information content (AvgIpc) is 2.71. The van der Waals surface area contributed by atoms with Crippen LogP contribution < -0.4 is 10.5 Å². The fourth-order valence-corrected chi connectivity index (χ4v) is 1.85. The number of aliphatic hydroxyl groups excluding tert-OH is 1. The highest BCUT2D eigenvalue weighted by atomic mass is 16.5. The van der Waals surface area contributed by atoms with Gasteiger partial charge in [0.2, 0.25) is 0 Å². The molecule has 5 heteroatoms. The van der Waals surface area contributed by atoms with Crippen LogP contribution in [0, 0.1) is 0 Å². The van der Waals surface area contributed by atoms with Gasteiger partial charge >= 0.3 is 0 Å². The zero-order chi connectivity index (χ0) is 13.8. The average molecular weight is 261 g/mol. The first-order valence-electron chi connectivity index (χ1n) is 6.31.